The third kappa shape index (κ3) is 5.04. The Labute approximate surface area is 129 Å². The first-order valence-electron chi connectivity index (χ1n) is 7.06. The van der Waals surface area contributed by atoms with Crippen molar-refractivity contribution in [3.8, 4) is 0 Å². The lowest BCUT2D eigenvalue weighted by molar-refractivity contribution is 0.0500. The van der Waals surface area contributed by atoms with E-state index in [2.05, 4.69) is 20.2 Å². The average molecular weight is 313 g/mol. The van der Waals surface area contributed by atoms with Crippen molar-refractivity contribution in [2.24, 2.45) is 0 Å². The van der Waals surface area contributed by atoms with Crippen LogP contribution in [0, 0.1) is 0 Å². The van der Waals surface area contributed by atoms with Crippen LogP contribution in [0.25, 0.3) is 0 Å². The van der Waals surface area contributed by atoms with Gasteiger partial charge in [-0.05, 0) is 51.3 Å². The number of rotatable bonds is 2. The Morgan fingerprint density at radius 1 is 1.52 bits per heavy atom. The van der Waals surface area contributed by atoms with E-state index < -0.39 is 5.60 Å². The zero-order chi connectivity index (χ0) is 15.5. The van der Waals surface area contributed by atoms with Gasteiger partial charge in [0.15, 0.2) is 0 Å². The molecule has 0 saturated carbocycles. The minimum atomic E-state index is -0.487. The predicted molar refractivity (Wildman–Crippen MR) is 81.6 cm³/mol. The van der Waals surface area contributed by atoms with Crippen LogP contribution in [0.15, 0.2) is 12.3 Å². The van der Waals surface area contributed by atoms with Crippen molar-refractivity contribution >= 4 is 23.5 Å². The van der Waals surface area contributed by atoms with Crippen LogP contribution in [-0.2, 0) is 4.74 Å². The molecule has 1 fully saturated rings. The number of hydrogen-bond acceptors (Lipinski definition) is 5. The highest BCUT2D eigenvalue weighted by Gasteiger charge is 2.24. The molecule has 0 bridgehead atoms. The second kappa shape index (κ2) is 6.47. The van der Waals surface area contributed by atoms with Crippen LogP contribution in [0.5, 0.6) is 0 Å². The van der Waals surface area contributed by atoms with E-state index in [9.17, 15) is 4.79 Å². The van der Waals surface area contributed by atoms with Gasteiger partial charge in [-0.3, -0.25) is 0 Å². The monoisotopic (exact) mass is 312 g/mol. The quantitative estimate of drug-likeness (QED) is 0.850. The minimum Gasteiger partial charge on any atom is -0.444 e. The van der Waals surface area contributed by atoms with Gasteiger partial charge in [0.2, 0.25) is 5.28 Å². The summed E-state index contributed by atoms with van der Waals surface area (Å²) in [5.41, 5.74) is -0.487. The van der Waals surface area contributed by atoms with Gasteiger partial charge in [0.25, 0.3) is 0 Å². The van der Waals surface area contributed by atoms with E-state index >= 15 is 0 Å². The van der Waals surface area contributed by atoms with Gasteiger partial charge in [0.1, 0.15) is 11.4 Å². The molecule has 1 aliphatic rings. The van der Waals surface area contributed by atoms with E-state index in [4.69, 9.17) is 16.3 Å². The van der Waals surface area contributed by atoms with E-state index in [1.807, 2.05) is 26.8 Å². The second-order valence-corrected chi connectivity index (χ2v) is 6.45. The zero-order valence-corrected chi connectivity index (χ0v) is 13.4. The Balaban J connectivity index is 1.93. The van der Waals surface area contributed by atoms with Gasteiger partial charge in [-0.15, -0.1) is 0 Å². The Hall–Kier alpha value is -1.56. The molecule has 1 N–H and O–H groups in total. The fourth-order valence-corrected chi connectivity index (χ4v) is 2.42. The Bertz CT molecular complexity index is 504. The molecule has 1 amide bonds. The molecule has 21 heavy (non-hydrogen) atoms. The van der Waals surface area contributed by atoms with Crippen molar-refractivity contribution < 1.29 is 9.53 Å². The van der Waals surface area contributed by atoms with Crippen molar-refractivity contribution in [3.63, 3.8) is 0 Å². The van der Waals surface area contributed by atoms with Crippen molar-refractivity contribution in [2.45, 2.75) is 45.3 Å². The molecule has 0 radical (unpaired) electrons. The predicted octanol–water partition coefficient (Wildman–Crippen LogP) is 2.62. The molecule has 7 heteroatoms. The summed E-state index contributed by atoms with van der Waals surface area (Å²) in [4.78, 5) is 22.0. The van der Waals surface area contributed by atoms with Crippen molar-refractivity contribution in [1.82, 2.24) is 15.3 Å². The molecule has 6 nitrogen and oxygen atoms in total. The summed E-state index contributed by atoms with van der Waals surface area (Å²) < 4.78 is 5.29. The fourth-order valence-electron chi connectivity index (χ4n) is 2.28. The molecule has 1 aliphatic heterocycles. The van der Waals surface area contributed by atoms with E-state index in [0.717, 1.165) is 25.2 Å². The molecule has 116 valence electrons. The standard InChI is InChI=1S/C14H21ClN4O2/c1-14(2,3)21-13(20)17-10-5-4-8-19(9-10)11-6-7-16-12(15)18-11/h6-7,10H,4-5,8-9H2,1-3H3,(H,17,20). The maximum absolute atomic E-state index is 11.8. The molecular formula is C14H21ClN4O2. The zero-order valence-electron chi connectivity index (χ0n) is 12.6. The number of carbonyl (C=O) groups excluding carboxylic acids is 1. The van der Waals surface area contributed by atoms with E-state index in [1.165, 1.54) is 0 Å². The van der Waals surface area contributed by atoms with Gasteiger partial charge in [-0.2, -0.15) is 0 Å². The average Bonchev–Trinajstić information content (AvgIpc) is 2.36. The molecule has 0 spiro atoms. The molecule has 2 rings (SSSR count). The Kier molecular flexibility index (Phi) is 4.88. The number of nitrogens with one attached hydrogen (secondary N) is 1. The number of nitrogens with zero attached hydrogens (tertiary/aromatic N) is 3. The molecule has 0 aromatic carbocycles. The molecule has 2 heterocycles. The van der Waals surface area contributed by atoms with Crippen LogP contribution >= 0.6 is 11.6 Å². The first-order valence-corrected chi connectivity index (χ1v) is 7.44. The number of aromatic nitrogens is 2. The van der Waals surface area contributed by atoms with Crippen LogP contribution in [0.3, 0.4) is 0 Å². The summed E-state index contributed by atoms with van der Waals surface area (Å²) in [5, 5.41) is 3.14. The van der Waals surface area contributed by atoms with Crippen LogP contribution in [0.1, 0.15) is 33.6 Å². The largest absolute Gasteiger partial charge is 0.444 e. The Morgan fingerprint density at radius 3 is 2.95 bits per heavy atom. The number of alkyl carbamates (subject to hydrolysis) is 1. The maximum Gasteiger partial charge on any atom is 0.407 e. The molecular weight excluding hydrogens is 292 g/mol. The summed E-state index contributed by atoms with van der Waals surface area (Å²) in [7, 11) is 0. The minimum absolute atomic E-state index is 0.0438. The number of hydrogen-bond donors (Lipinski definition) is 1. The lowest BCUT2D eigenvalue weighted by atomic mass is 10.1. The maximum atomic E-state index is 11.8. The van der Waals surface area contributed by atoms with Gasteiger partial charge >= 0.3 is 6.09 Å². The third-order valence-corrected chi connectivity index (χ3v) is 3.26. The third-order valence-electron chi connectivity index (χ3n) is 3.08. The SMILES string of the molecule is CC(C)(C)OC(=O)NC1CCCN(c2ccnc(Cl)n2)C1. The summed E-state index contributed by atoms with van der Waals surface area (Å²) in [6.45, 7) is 7.13. The number of amides is 1. The number of ether oxygens (including phenoxy) is 1. The smallest absolute Gasteiger partial charge is 0.407 e. The van der Waals surface area contributed by atoms with E-state index in [-0.39, 0.29) is 17.4 Å². The van der Waals surface area contributed by atoms with Gasteiger partial charge in [0.05, 0.1) is 0 Å². The highest BCUT2D eigenvalue weighted by molar-refractivity contribution is 6.28. The lowest BCUT2D eigenvalue weighted by Crippen LogP contribution is -2.49. The molecule has 1 aromatic rings. The van der Waals surface area contributed by atoms with Crippen molar-refractivity contribution in [1.29, 1.82) is 0 Å². The molecule has 1 atom stereocenters. The van der Waals surface area contributed by atoms with Crippen molar-refractivity contribution in [3.05, 3.63) is 17.5 Å². The highest BCUT2D eigenvalue weighted by Crippen LogP contribution is 2.19. The summed E-state index contributed by atoms with van der Waals surface area (Å²) in [6, 6.07) is 1.87. The van der Waals surface area contributed by atoms with E-state index in [0.29, 0.717) is 6.54 Å². The van der Waals surface area contributed by atoms with Crippen LogP contribution in [-0.4, -0.2) is 40.8 Å². The van der Waals surface area contributed by atoms with Crippen LogP contribution < -0.4 is 10.2 Å². The van der Waals surface area contributed by atoms with Gasteiger partial charge in [-0.25, -0.2) is 14.8 Å². The number of carbonyl (C=O) groups is 1. The molecule has 1 aromatic heterocycles. The summed E-state index contributed by atoms with van der Waals surface area (Å²) in [5.74, 6) is 0.783. The first kappa shape index (κ1) is 15.8. The first-order chi connectivity index (χ1) is 9.83. The Morgan fingerprint density at radius 2 is 2.29 bits per heavy atom. The fraction of sp³-hybridized carbons (Fsp3) is 0.643. The second-order valence-electron chi connectivity index (χ2n) is 6.12. The number of anilines is 1. The van der Waals surface area contributed by atoms with E-state index in [1.54, 1.807) is 6.20 Å². The normalized spacial score (nSPS) is 19.2. The lowest BCUT2D eigenvalue weighted by Gasteiger charge is -2.34. The molecule has 1 saturated heterocycles. The van der Waals surface area contributed by atoms with Gasteiger partial charge < -0.3 is 15.0 Å². The molecule has 1 unspecified atom stereocenters. The summed E-state index contributed by atoms with van der Waals surface area (Å²) >= 11 is 5.82. The topological polar surface area (TPSA) is 67.3 Å². The summed E-state index contributed by atoms with van der Waals surface area (Å²) in [6.07, 6.45) is 3.15. The highest BCUT2D eigenvalue weighted by atomic mass is 35.5. The van der Waals surface area contributed by atoms with Gasteiger partial charge in [0, 0.05) is 25.3 Å². The van der Waals surface area contributed by atoms with Crippen molar-refractivity contribution in [2.75, 3.05) is 18.0 Å². The molecule has 0 aliphatic carbocycles. The van der Waals surface area contributed by atoms with Crippen LogP contribution in [0.4, 0.5) is 10.6 Å². The number of halogens is 1. The van der Waals surface area contributed by atoms with Gasteiger partial charge in [-0.1, -0.05) is 0 Å². The number of piperidine rings is 1. The van der Waals surface area contributed by atoms with Crippen LogP contribution in [0.2, 0.25) is 5.28 Å².